The van der Waals surface area contributed by atoms with Crippen LogP contribution in [0.1, 0.15) is 24.5 Å². The van der Waals surface area contributed by atoms with Crippen molar-refractivity contribution in [2.75, 3.05) is 7.11 Å². The van der Waals surface area contributed by atoms with Crippen molar-refractivity contribution in [2.24, 2.45) is 5.73 Å². The van der Waals surface area contributed by atoms with Gasteiger partial charge in [-0.2, -0.15) is 0 Å². The highest BCUT2D eigenvalue weighted by Gasteiger charge is 2.28. The van der Waals surface area contributed by atoms with Gasteiger partial charge in [-0.25, -0.2) is 0 Å². The first-order valence-electron chi connectivity index (χ1n) is 5.02. The van der Waals surface area contributed by atoms with Crippen molar-refractivity contribution in [1.29, 1.82) is 0 Å². The third-order valence-corrected chi connectivity index (χ3v) is 2.49. The summed E-state index contributed by atoms with van der Waals surface area (Å²) in [4.78, 5) is 10.8. The Morgan fingerprint density at radius 2 is 2.19 bits per heavy atom. The van der Waals surface area contributed by atoms with E-state index in [2.05, 4.69) is 0 Å². The fraction of sp³-hybridized carbons (Fsp3) is 0.417. The van der Waals surface area contributed by atoms with Gasteiger partial charge in [0, 0.05) is 5.56 Å². The largest absolute Gasteiger partial charge is 0.496 e. The summed E-state index contributed by atoms with van der Waals surface area (Å²) in [6.07, 6.45) is -0.132. The van der Waals surface area contributed by atoms with Gasteiger partial charge in [0.05, 0.1) is 19.1 Å². The predicted octanol–water partition coefficient (Wildman–Crippen LogP) is 1.65. The number of ether oxygens (including phenoxy) is 1. The SMILES string of the molecule is COc1ccc(C)cc1C(C)(N)CC(=O)O. The van der Waals surface area contributed by atoms with Crippen molar-refractivity contribution in [3.63, 3.8) is 0 Å². The zero-order valence-corrected chi connectivity index (χ0v) is 9.78. The molecular weight excluding hydrogens is 206 g/mol. The first-order valence-corrected chi connectivity index (χ1v) is 5.02. The predicted molar refractivity (Wildman–Crippen MR) is 61.5 cm³/mol. The van der Waals surface area contributed by atoms with E-state index in [9.17, 15) is 4.79 Å². The maximum absolute atomic E-state index is 10.8. The van der Waals surface area contributed by atoms with Gasteiger partial charge in [0.1, 0.15) is 5.75 Å². The van der Waals surface area contributed by atoms with Crippen LogP contribution in [0, 0.1) is 6.92 Å². The van der Waals surface area contributed by atoms with Gasteiger partial charge >= 0.3 is 5.97 Å². The second kappa shape index (κ2) is 4.53. The molecule has 0 fully saturated rings. The molecule has 4 heteroatoms. The van der Waals surface area contributed by atoms with Crippen molar-refractivity contribution in [2.45, 2.75) is 25.8 Å². The minimum Gasteiger partial charge on any atom is -0.496 e. The van der Waals surface area contributed by atoms with E-state index in [0.717, 1.165) is 11.1 Å². The second-order valence-electron chi connectivity index (χ2n) is 4.19. The molecule has 16 heavy (non-hydrogen) atoms. The van der Waals surface area contributed by atoms with Gasteiger partial charge in [-0.1, -0.05) is 17.7 Å². The van der Waals surface area contributed by atoms with E-state index in [-0.39, 0.29) is 6.42 Å². The van der Waals surface area contributed by atoms with E-state index in [1.54, 1.807) is 20.1 Å². The maximum atomic E-state index is 10.8. The Kier molecular flexibility index (Phi) is 3.55. The molecule has 0 bridgehead atoms. The lowest BCUT2D eigenvalue weighted by molar-refractivity contribution is -0.138. The normalized spacial score (nSPS) is 14.2. The van der Waals surface area contributed by atoms with Gasteiger partial charge < -0.3 is 15.6 Å². The molecule has 1 unspecified atom stereocenters. The molecule has 0 radical (unpaired) electrons. The molecular formula is C12H17NO3. The van der Waals surface area contributed by atoms with Gasteiger partial charge in [0.2, 0.25) is 0 Å². The average Bonchev–Trinajstić information content (AvgIpc) is 2.15. The molecule has 0 heterocycles. The molecule has 0 aromatic heterocycles. The summed E-state index contributed by atoms with van der Waals surface area (Å²) in [5.41, 5.74) is 6.84. The lowest BCUT2D eigenvalue weighted by Gasteiger charge is -2.25. The van der Waals surface area contributed by atoms with Crippen LogP contribution >= 0.6 is 0 Å². The van der Waals surface area contributed by atoms with Crippen LogP contribution in [0.5, 0.6) is 5.75 Å². The topological polar surface area (TPSA) is 72.5 Å². The highest BCUT2D eigenvalue weighted by molar-refractivity contribution is 5.69. The van der Waals surface area contributed by atoms with Crippen molar-refractivity contribution in [3.05, 3.63) is 29.3 Å². The summed E-state index contributed by atoms with van der Waals surface area (Å²) in [6.45, 7) is 3.62. The van der Waals surface area contributed by atoms with Crippen molar-refractivity contribution >= 4 is 5.97 Å². The van der Waals surface area contributed by atoms with E-state index < -0.39 is 11.5 Å². The van der Waals surface area contributed by atoms with Crippen LogP contribution in [0.15, 0.2) is 18.2 Å². The van der Waals surface area contributed by atoms with E-state index in [4.69, 9.17) is 15.6 Å². The Balaban J connectivity index is 3.18. The monoisotopic (exact) mass is 223 g/mol. The summed E-state index contributed by atoms with van der Waals surface area (Å²) in [6, 6.07) is 5.57. The number of carboxylic acid groups (broad SMARTS) is 1. The third kappa shape index (κ3) is 2.73. The zero-order valence-electron chi connectivity index (χ0n) is 9.78. The van der Waals surface area contributed by atoms with E-state index in [1.165, 1.54) is 0 Å². The molecule has 0 amide bonds. The number of benzene rings is 1. The molecule has 0 aliphatic heterocycles. The van der Waals surface area contributed by atoms with Crippen LogP contribution in [0.3, 0.4) is 0 Å². The first-order chi connectivity index (χ1) is 7.36. The van der Waals surface area contributed by atoms with Gasteiger partial charge in [-0.15, -0.1) is 0 Å². The van der Waals surface area contributed by atoms with Crippen molar-refractivity contribution in [3.8, 4) is 5.75 Å². The summed E-state index contributed by atoms with van der Waals surface area (Å²) in [7, 11) is 1.55. The smallest absolute Gasteiger partial charge is 0.305 e. The van der Waals surface area contributed by atoms with Crippen LogP contribution in [0.2, 0.25) is 0 Å². The quantitative estimate of drug-likeness (QED) is 0.814. The Morgan fingerprint density at radius 3 is 2.69 bits per heavy atom. The highest BCUT2D eigenvalue weighted by atomic mass is 16.5. The zero-order chi connectivity index (χ0) is 12.3. The third-order valence-electron chi connectivity index (χ3n) is 2.49. The Morgan fingerprint density at radius 1 is 1.56 bits per heavy atom. The number of methoxy groups -OCH3 is 1. The van der Waals surface area contributed by atoms with Gasteiger partial charge in [0.25, 0.3) is 0 Å². The molecule has 1 rings (SSSR count). The minimum atomic E-state index is -0.927. The molecule has 1 atom stereocenters. The van der Waals surface area contributed by atoms with E-state index >= 15 is 0 Å². The molecule has 88 valence electrons. The van der Waals surface area contributed by atoms with Gasteiger partial charge in [0.15, 0.2) is 0 Å². The Labute approximate surface area is 95.0 Å². The number of hydrogen-bond donors (Lipinski definition) is 2. The molecule has 0 aliphatic rings. The average molecular weight is 223 g/mol. The standard InChI is InChI=1S/C12H17NO3/c1-8-4-5-10(16-3)9(6-8)12(2,13)7-11(14)15/h4-6H,7,13H2,1-3H3,(H,14,15). The number of rotatable bonds is 4. The fourth-order valence-corrected chi connectivity index (χ4v) is 1.68. The van der Waals surface area contributed by atoms with Crippen LogP contribution in [-0.4, -0.2) is 18.2 Å². The number of carboxylic acids is 1. The summed E-state index contributed by atoms with van der Waals surface area (Å²) < 4.78 is 5.20. The summed E-state index contributed by atoms with van der Waals surface area (Å²) >= 11 is 0. The molecule has 0 saturated carbocycles. The summed E-state index contributed by atoms with van der Waals surface area (Å²) in [5.74, 6) is -0.301. The molecule has 3 N–H and O–H groups in total. The van der Waals surface area contributed by atoms with Crippen LogP contribution < -0.4 is 10.5 Å². The van der Waals surface area contributed by atoms with Gasteiger partial charge in [-0.05, 0) is 19.9 Å². The van der Waals surface area contributed by atoms with Crippen molar-refractivity contribution in [1.82, 2.24) is 0 Å². The maximum Gasteiger partial charge on any atom is 0.305 e. The molecule has 4 nitrogen and oxygen atoms in total. The number of hydrogen-bond acceptors (Lipinski definition) is 3. The number of aliphatic carboxylic acids is 1. The molecule has 0 spiro atoms. The molecule has 1 aromatic rings. The van der Waals surface area contributed by atoms with Crippen LogP contribution in [0.4, 0.5) is 0 Å². The second-order valence-corrected chi connectivity index (χ2v) is 4.19. The number of nitrogens with two attached hydrogens (primary N) is 1. The highest BCUT2D eigenvalue weighted by Crippen LogP contribution is 2.31. The lowest BCUT2D eigenvalue weighted by Crippen LogP contribution is -2.36. The molecule has 0 saturated heterocycles. The number of aryl methyl sites for hydroxylation is 1. The molecule has 1 aromatic carbocycles. The molecule has 0 aliphatic carbocycles. The van der Waals surface area contributed by atoms with Crippen LogP contribution in [-0.2, 0) is 10.3 Å². The first kappa shape index (κ1) is 12.5. The summed E-state index contributed by atoms with van der Waals surface area (Å²) in [5, 5.41) is 8.82. The van der Waals surface area contributed by atoms with Crippen LogP contribution in [0.25, 0.3) is 0 Å². The minimum absolute atomic E-state index is 0.132. The lowest BCUT2D eigenvalue weighted by atomic mass is 9.88. The van der Waals surface area contributed by atoms with E-state index in [1.807, 2.05) is 19.1 Å². The van der Waals surface area contributed by atoms with Crippen molar-refractivity contribution < 1.29 is 14.6 Å². The van der Waals surface area contributed by atoms with E-state index in [0.29, 0.717) is 5.75 Å². The Bertz CT molecular complexity index is 399. The fourth-order valence-electron chi connectivity index (χ4n) is 1.68. The number of carbonyl (C=O) groups is 1. The van der Waals surface area contributed by atoms with Gasteiger partial charge in [-0.3, -0.25) is 4.79 Å². The Hall–Kier alpha value is -1.55.